The third-order valence-electron chi connectivity index (χ3n) is 4.45. The van der Waals surface area contributed by atoms with E-state index in [2.05, 4.69) is 5.32 Å². The maximum atomic E-state index is 12.8. The van der Waals surface area contributed by atoms with E-state index in [0.717, 1.165) is 5.56 Å². The molecule has 9 heteroatoms. The van der Waals surface area contributed by atoms with Gasteiger partial charge in [-0.3, -0.25) is 9.59 Å². The average molecular weight is 444 g/mol. The second kappa shape index (κ2) is 9.90. The maximum absolute atomic E-state index is 12.8. The van der Waals surface area contributed by atoms with Gasteiger partial charge in [0.2, 0.25) is 0 Å². The fourth-order valence-corrected chi connectivity index (χ4v) is 3.21. The summed E-state index contributed by atoms with van der Waals surface area (Å²) in [6.45, 7) is -0.0303. The van der Waals surface area contributed by atoms with Crippen molar-refractivity contribution in [3.05, 3.63) is 71.0 Å². The van der Waals surface area contributed by atoms with Crippen molar-refractivity contribution in [2.75, 3.05) is 20.8 Å². The predicted octanol–water partition coefficient (Wildman–Crippen LogP) is 2.94. The summed E-state index contributed by atoms with van der Waals surface area (Å²) in [5, 5.41) is 3.25. The number of carbonyl (C=O) groups excluding carboxylic acids is 2. The van der Waals surface area contributed by atoms with Gasteiger partial charge in [-0.25, -0.2) is 0 Å². The van der Waals surface area contributed by atoms with Gasteiger partial charge in [0.05, 0.1) is 30.5 Å². The lowest BCUT2D eigenvalue weighted by molar-refractivity contribution is -0.119. The maximum Gasteiger partial charge on any atom is 0.255 e. The highest BCUT2D eigenvalue weighted by molar-refractivity contribution is 6.33. The minimum absolute atomic E-state index is 0.228. The van der Waals surface area contributed by atoms with Crippen molar-refractivity contribution in [3.63, 3.8) is 0 Å². The standard InChI is InChI=1S/C22H22ClN3O5/c1-29-19-11-17(26-7-3-4-8-26)16(23)10-15(19)22(28)25-12-14-5-6-18(20(9-14)30-2)31-13-21(24)27/h3-11H,12-13H2,1-2H3,(H2,24,27)(H,25,28). The fraction of sp³-hybridized carbons (Fsp3) is 0.182. The molecular weight excluding hydrogens is 422 g/mol. The second-order valence-corrected chi connectivity index (χ2v) is 6.92. The molecule has 0 aliphatic heterocycles. The topological polar surface area (TPSA) is 105 Å². The van der Waals surface area contributed by atoms with Crippen LogP contribution in [0.5, 0.6) is 17.2 Å². The smallest absolute Gasteiger partial charge is 0.255 e. The summed E-state index contributed by atoms with van der Waals surface area (Å²) in [6, 6.07) is 12.1. The van der Waals surface area contributed by atoms with Gasteiger partial charge in [-0.1, -0.05) is 17.7 Å². The summed E-state index contributed by atoms with van der Waals surface area (Å²) in [6.07, 6.45) is 3.70. The van der Waals surface area contributed by atoms with Crippen LogP contribution >= 0.6 is 11.6 Å². The van der Waals surface area contributed by atoms with E-state index in [9.17, 15) is 9.59 Å². The number of ether oxygens (including phenoxy) is 3. The highest BCUT2D eigenvalue weighted by Gasteiger charge is 2.17. The van der Waals surface area contributed by atoms with Gasteiger partial charge in [-0.15, -0.1) is 0 Å². The summed E-state index contributed by atoms with van der Waals surface area (Å²) >= 11 is 6.40. The highest BCUT2D eigenvalue weighted by Crippen LogP contribution is 2.31. The van der Waals surface area contributed by atoms with Gasteiger partial charge in [0.15, 0.2) is 18.1 Å². The molecule has 0 radical (unpaired) electrons. The number of rotatable bonds is 9. The van der Waals surface area contributed by atoms with Gasteiger partial charge in [0, 0.05) is 25.0 Å². The first-order valence-corrected chi connectivity index (χ1v) is 9.67. The van der Waals surface area contributed by atoms with Crippen LogP contribution in [0.25, 0.3) is 5.69 Å². The molecule has 0 aliphatic rings. The number of carbonyl (C=O) groups is 2. The van der Waals surface area contributed by atoms with Gasteiger partial charge in [0.1, 0.15) is 5.75 Å². The van der Waals surface area contributed by atoms with Crippen molar-refractivity contribution in [1.82, 2.24) is 9.88 Å². The first-order chi connectivity index (χ1) is 14.9. The number of benzene rings is 2. The molecule has 0 aliphatic carbocycles. The number of amides is 2. The van der Waals surface area contributed by atoms with Gasteiger partial charge >= 0.3 is 0 Å². The Labute approximate surface area is 184 Å². The van der Waals surface area contributed by atoms with Crippen LogP contribution in [0.3, 0.4) is 0 Å². The van der Waals surface area contributed by atoms with E-state index in [1.165, 1.54) is 14.2 Å². The molecule has 0 saturated carbocycles. The molecule has 0 unspecified atom stereocenters. The van der Waals surface area contributed by atoms with Crippen molar-refractivity contribution in [1.29, 1.82) is 0 Å². The zero-order valence-corrected chi connectivity index (χ0v) is 17.8. The Hall–Kier alpha value is -3.65. The van der Waals surface area contributed by atoms with E-state index < -0.39 is 5.91 Å². The highest BCUT2D eigenvalue weighted by atomic mass is 35.5. The zero-order chi connectivity index (χ0) is 22.4. The monoisotopic (exact) mass is 443 g/mol. The molecule has 3 rings (SSSR count). The average Bonchev–Trinajstić information content (AvgIpc) is 3.30. The molecule has 2 amide bonds. The van der Waals surface area contributed by atoms with E-state index in [-0.39, 0.29) is 19.1 Å². The van der Waals surface area contributed by atoms with Gasteiger partial charge in [-0.05, 0) is 35.9 Å². The number of nitrogens with two attached hydrogens (primary N) is 1. The molecule has 3 N–H and O–H groups in total. The van der Waals surface area contributed by atoms with Crippen LogP contribution in [0.15, 0.2) is 54.9 Å². The summed E-state index contributed by atoms with van der Waals surface area (Å²) in [4.78, 5) is 23.7. The third-order valence-corrected chi connectivity index (χ3v) is 4.75. The molecule has 0 fully saturated rings. The van der Waals surface area contributed by atoms with Crippen molar-refractivity contribution < 1.29 is 23.8 Å². The first-order valence-electron chi connectivity index (χ1n) is 9.30. The third kappa shape index (κ3) is 5.29. The lowest BCUT2D eigenvalue weighted by Crippen LogP contribution is -2.23. The number of nitrogens with zero attached hydrogens (tertiary/aromatic N) is 1. The minimum atomic E-state index is -0.589. The largest absolute Gasteiger partial charge is 0.496 e. The van der Waals surface area contributed by atoms with Crippen molar-refractivity contribution in [2.24, 2.45) is 5.73 Å². The molecule has 3 aromatic rings. The molecule has 8 nitrogen and oxygen atoms in total. The Balaban J connectivity index is 1.74. The fourth-order valence-electron chi connectivity index (χ4n) is 2.95. The number of hydrogen-bond donors (Lipinski definition) is 2. The van der Waals surface area contributed by atoms with Gasteiger partial charge < -0.3 is 29.8 Å². The molecule has 0 spiro atoms. The van der Waals surface area contributed by atoms with E-state index in [1.807, 2.05) is 29.1 Å². The SMILES string of the molecule is COc1cc(CNC(=O)c2cc(Cl)c(-n3cccc3)cc2OC)ccc1OCC(N)=O. The molecule has 1 heterocycles. The molecular formula is C22H22ClN3O5. The minimum Gasteiger partial charge on any atom is -0.496 e. The van der Waals surface area contributed by atoms with E-state index in [0.29, 0.717) is 33.5 Å². The van der Waals surface area contributed by atoms with Crippen LogP contribution in [-0.4, -0.2) is 37.2 Å². The molecule has 31 heavy (non-hydrogen) atoms. The zero-order valence-electron chi connectivity index (χ0n) is 17.1. The Morgan fingerprint density at radius 3 is 2.39 bits per heavy atom. The van der Waals surface area contributed by atoms with E-state index in [1.54, 1.807) is 30.3 Å². The lowest BCUT2D eigenvalue weighted by atomic mass is 10.1. The summed E-state index contributed by atoms with van der Waals surface area (Å²) in [5.41, 5.74) is 6.89. The Morgan fingerprint density at radius 1 is 1.03 bits per heavy atom. The van der Waals surface area contributed by atoms with Crippen LogP contribution < -0.4 is 25.3 Å². The number of methoxy groups -OCH3 is 2. The molecule has 162 valence electrons. The van der Waals surface area contributed by atoms with Gasteiger partial charge in [0.25, 0.3) is 11.8 Å². The predicted molar refractivity (Wildman–Crippen MR) is 116 cm³/mol. The van der Waals surface area contributed by atoms with Crippen molar-refractivity contribution >= 4 is 23.4 Å². The Kier molecular flexibility index (Phi) is 7.04. The van der Waals surface area contributed by atoms with Crippen LogP contribution in [0, 0.1) is 0 Å². The number of primary amides is 1. The van der Waals surface area contributed by atoms with Crippen LogP contribution in [0.1, 0.15) is 15.9 Å². The Bertz CT molecular complexity index is 1080. The second-order valence-electron chi connectivity index (χ2n) is 6.52. The molecule has 2 aromatic carbocycles. The molecule has 1 aromatic heterocycles. The molecule has 0 saturated heterocycles. The molecule has 0 bridgehead atoms. The number of halogens is 1. The number of hydrogen-bond acceptors (Lipinski definition) is 5. The van der Waals surface area contributed by atoms with Crippen LogP contribution in [-0.2, 0) is 11.3 Å². The van der Waals surface area contributed by atoms with E-state index >= 15 is 0 Å². The van der Waals surface area contributed by atoms with Gasteiger partial charge in [-0.2, -0.15) is 0 Å². The molecule has 0 atom stereocenters. The lowest BCUT2D eigenvalue weighted by Gasteiger charge is -2.14. The Morgan fingerprint density at radius 2 is 1.74 bits per heavy atom. The summed E-state index contributed by atoms with van der Waals surface area (Å²) < 4.78 is 17.8. The number of nitrogens with one attached hydrogen (secondary N) is 1. The summed E-state index contributed by atoms with van der Waals surface area (Å²) in [5.74, 6) is 0.271. The first kappa shape index (κ1) is 22.0. The van der Waals surface area contributed by atoms with Crippen LogP contribution in [0.4, 0.5) is 0 Å². The summed E-state index contributed by atoms with van der Waals surface area (Å²) in [7, 11) is 2.98. The number of aromatic nitrogens is 1. The van der Waals surface area contributed by atoms with Crippen molar-refractivity contribution in [2.45, 2.75) is 6.54 Å². The van der Waals surface area contributed by atoms with Crippen molar-refractivity contribution in [3.8, 4) is 22.9 Å². The normalized spacial score (nSPS) is 10.4. The van der Waals surface area contributed by atoms with E-state index in [4.69, 9.17) is 31.5 Å². The van der Waals surface area contributed by atoms with Crippen LogP contribution in [0.2, 0.25) is 5.02 Å². The quantitative estimate of drug-likeness (QED) is 0.529.